The third kappa shape index (κ3) is 7.35. The molecular formula is C22H28FN3OS. The van der Waals surface area contributed by atoms with Gasteiger partial charge >= 0.3 is 0 Å². The molecule has 0 unspecified atom stereocenters. The van der Waals surface area contributed by atoms with Crippen LogP contribution < -0.4 is 11.1 Å². The van der Waals surface area contributed by atoms with Crippen LogP contribution in [0.3, 0.4) is 0 Å². The predicted molar refractivity (Wildman–Crippen MR) is 118 cm³/mol. The van der Waals surface area contributed by atoms with Crippen LogP contribution in [0.15, 0.2) is 53.5 Å². The molecule has 0 aliphatic carbocycles. The Bertz CT molecular complexity index is 822. The Labute approximate surface area is 170 Å². The molecule has 150 valence electrons. The van der Waals surface area contributed by atoms with Crippen LogP contribution in [0.2, 0.25) is 0 Å². The molecule has 0 fully saturated rings. The molecule has 3 N–H and O–H groups in total. The van der Waals surface area contributed by atoms with Gasteiger partial charge in [-0.2, -0.15) is 0 Å². The molecule has 28 heavy (non-hydrogen) atoms. The Morgan fingerprint density at radius 2 is 1.96 bits per heavy atom. The van der Waals surface area contributed by atoms with Crippen LogP contribution in [0.4, 0.5) is 10.1 Å². The molecule has 2 aromatic rings. The number of anilines is 1. The molecule has 1 aliphatic heterocycles. The lowest BCUT2D eigenvalue weighted by atomic mass is 10.0. The van der Waals surface area contributed by atoms with E-state index in [9.17, 15) is 9.18 Å². The molecule has 0 radical (unpaired) electrons. The molecule has 0 aromatic heterocycles. The lowest BCUT2D eigenvalue weighted by Gasteiger charge is -2.23. The van der Waals surface area contributed by atoms with E-state index in [1.54, 1.807) is 23.9 Å². The van der Waals surface area contributed by atoms with Crippen LogP contribution >= 0.6 is 11.8 Å². The van der Waals surface area contributed by atoms with Gasteiger partial charge in [0.05, 0.1) is 12.0 Å². The maximum atomic E-state index is 12.8. The number of nitrogens with one attached hydrogen (secondary N) is 1. The van der Waals surface area contributed by atoms with Crippen LogP contribution in [0, 0.1) is 6.92 Å². The highest BCUT2D eigenvalue weighted by atomic mass is 32.2. The van der Waals surface area contributed by atoms with Crippen molar-refractivity contribution >= 4 is 28.5 Å². The zero-order chi connectivity index (χ0) is 20.6. The summed E-state index contributed by atoms with van der Waals surface area (Å²) < 4.78 is 12.8. The Kier molecular flexibility index (Phi) is 8.05. The first-order chi connectivity index (χ1) is 13.3. The highest BCUT2D eigenvalue weighted by Gasteiger charge is 2.20. The third-order valence-corrected chi connectivity index (χ3v) is 5.06. The summed E-state index contributed by atoms with van der Waals surface area (Å²) in [6, 6.07) is 14.8. The highest BCUT2D eigenvalue weighted by molar-refractivity contribution is 8.13. The van der Waals surface area contributed by atoms with Gasteiger partial charge in [-0.05, 0) is 44.4 Å². The van der Waals surface area contributed by atoms with Gasteiger partial charge in [-0.15, -0.1) is 0 Å². The molecule has 0 spiro atoms. The van der Waals surface area contributed by atoms with Crippen molar-refractivity contribution in [1.29, 1.82) is 0 Å². The number of halogens is 1. The molecule has 2 aromatic carbocycles. The van der Waals surface area contributed by atoms with Gasteiger partial charge in [-0.25, -0.2) is 4.39 Å². The van der Waals surface area contributed by atoms with Crippen LogP contribution in [-0.4, -0.2) is 22.4 Å². The molecule has 1 amide bonds. The first kappa shape index (κ1) is 22.0. The number of carbonyl (C=O) groups is 1. The number of nitrogens with zero attached hydrogens (tertiary/aromatic N) is 1. The number of thioether (sulfide) groups is 1. The average molecular weight is 402 g/mol. The van der Waals surface area contributed by atoms with Gasteiger partial charge in [0.2, 0.25) is 5.91 Å². The number of aryl methyl sites for hydroxylation is 1. The van der Waals surface area contributed by atoms with E-state index in [0.717, 1.165) is 28.5 Å². The molecule has 1 heterocycles. The van der Waals surface area contributed by atoms with E-state index < -0.39 is 6.67 Å². The number of carbonyl (C=O) groups excluding carboxylic acids is 1. The number of nitrogens with two attached hydrogens (primary N) is 1. The van der Waals surface area contributed by atoms with Crippen molar-refractivity contribution in [3.63, 3.8) is 0 Å². The van der Waals surface area contributed by atoms with Crippen molar-refractivity contribution in [2.24, 2.45) is 10.7 Å². The van der Waals surface area contributed by atoms with Crippen LogP contribution in [0.5, 0.6) is 0 Å². The monoisotopic (exact) mass is 401 g/mol. The molecule has 0 saturated heterocycles. The minimum Gasteiger partial charge on any atom is -0.379 e. The quantitative estimate of drug-likeness (QED) is 0.769. The summed E-state index contributed by atoms with van der Waals surface area (Å²) in [5, 5.41) is 3.51. The topological polar surface area (TPSA) is 67.5 Å². The number of rotatable bonds is 4. The molecule has 4 nitrogen and oxygen atoms in total. The fraction of sp³-hybridized carbons (Fsp3) is 0.364. The average Bonchev–Trinajstić information content (AvgIpc) is 2.62. The van der Waals surface area contributed by atoms with Gasteiger partial charge in [0, 0.05) is 17.0 Å². The van der Waals surface area contributed by atoms with Crippen molar-refractivity contribution < 1.29 is 9.18 Å². The summed E-state index contributed by atoms with van der Waals surface area (Å²) in [6.45, 7) is 5.55. The van der Waals surface area contributed by atoms with E-state index in [1.165, 1.54) is 0 Å². The smallest absolute Gasteiger partial charge is 0.228 e. The lowest BCUT2D eigenvalue weighted by molar-refractivity contribution is -0.115. The highest BCUT2D eigenvalue weighted by Crippen LogP contribution is 2.23. The Balaban J connectivity index is 0.000000261. The minimum absolute atomic E-state index is 0.0926. The van der Waals surface area contributed by atoms with Gasteiger partial charge in [0.25, 0.3) is 0 Å². The van der Waals surface area contributed by atoms with Crippen molar-refractivity contribution in [2.45, 2.75) is 45.8 Å². The van der Waals surface area contributed by atoms with E-state index in [2.05, 4.69) is 24.2 Å². The van der Waals surface area contributed by atoms with E-state index in [1.807, 2.05) is 43.3 Å². The zero-order valence-corrected chi connectivity index (χ0v) is 17.5. The molecule has 0 saturated carbocycles. The maximum absolute atomic E-state index is 12.8. The largest absolute Gasteiger partial charge is 0.379 e. The first-order valence-electron chi connectivity index (χ1n) is 9.26. The molecular weight excluding hydrogens is 373 g/mol. The Morgan fingerprint density at radius 1 is 1.25 bits per heavy atom. The van der Waals surface area contributed by atoms with E-state index >= 15 is 0 Å². The number of hydrogen-bond acceptors (Lipinski definition) is 4. The number of benzene rings is 2. The summed E-state index contributed by atoms with van der Waals surface area (Å²) in [7, 11) is 0. The number of alkyl halides is 1. The SMILES string of the molecule is CC1(C)CCSC(N)=N1.Cc1ccc(CF)c(NC(=O)Cc2ccccc2)c1. The van der Waals surface area contributed by atoms with Crippen LogP contribution in [-0.2, 0) is 17.9 Å². The zero-order valence-electron chi connectivity index (χ0n) is 16.7. The van der Waals surface area contributed by atoms with E-state index in [0.29, 0.717) is 17.7 Å². The first-order valence-corrected chi connectivity index (χ1v) is 10.2. The van der Waals surface area contributed by atoms with Crippen LogP contribution in [0.25, 0.3) is 0 Å². The number of aliphatic imine (C=N–C) groups is 1. The fourth-order valence-electron chi connectivity index (χ4n) is 2.69. The number of amides is 1. The molecule has 3 rings (SSSR count). The lowest BCUT2D eigenvalue weighted by Crippen LogP contribution is -2.27. The van der Waals surface area contributed by atoms with Gasteiger partial charge in [-0.3, -0.25) is 9.79 Å². The van der Waals surface area contributed by atoms with E-state index in [-0.39, 0.29) is 11.4 Å². The Morgan fingerprint density at radius 3 is 2.54 bits per heavy atom. The summed E-state index contributed by atoms with van der Waals surface area (Å²) in [6.07, 6.45) is 1.43. The minimum atomic E-state index is -0.582. The second kappa shape index (κ2) is 10.3. The van der Waals surface area contributed by atoms with Gasteiger partial charge in [0.1, 0.15) is 6.67 Å². The normalized spacial score (nSPS) is 15.1. The molecule has 1 aliphatic rings. The fourth-order valence-corrected chi connectivity index (χ4v) is 3.81. The van der Waals surface area contributed by atoms with Crippen LogP contribution in [0.1, 0.15) is 37.0 Å². The van der Waals surface area contributed by atoms with Crippen molar-refractivity contribution in [1.82, 2.24) is 0 Å². The summed E-state index contributed by atoms with van der Waals surface area (Å²) in [5.74, 6) is 0.981. The van der Waals surface area contributed by atoms with Crippen molar-refractivity contribution in [3.8, 4) is 0 Å². The van der Waals surface area contributed by atoms with Crippen molar-refractivity contribution in [3.05, 3.63) is 65.2 Å². The summed E-state index contributed by atoms with van der Waals surface area (Å²) in [5.41, 5.74) is 8.61. The predicted octanol–water partition coefficient (Wildman–Crippen LogP) is 4.86. The second-order valence-electron chi connectivity index (χ2n) is 7.37. The molecule has 0 atom stereocenters. The second-order valence-corrected chi connectivity index (χ2v) is 8.48. The summed E-state index contributed by atoms with van der Waals surface area (Å²) in [4.78, 5) is 16.2. The molecule has 6 heteroatoms. The summed E-state index contributed by atoms with van der Waals surface area (Å²) >= 11 is 1.65. The van der Waals surface area contributed by atoms with Gasteiger partial charge in [-0.1, -0.05) is 54.2 Å². The Hall–Kier alpha value is -2.34. The van der Waals surface area contributed by atoms with E-state index in [4.69, 9.17) is 5.73 Å². The van der Waals surface area contributed by atoms with Crippen molar-refractivity contribution in [2.75, 3.05) is 11.1 Å². The molecule has 0 bridgehead atoms. The number of amidine groups is 1. The number of hydrogen-bond donors (Lipinski definition) is 2. The maximum Gasteiger partial charge on any atom is 0.228 e. The standard InChI is InChI=1S/C16H16FNO.C6H12N2S/c1-12-7-8-14(11-17)15(9-12)18-16(19)10-13-5-3-2-4-6-13;1-6(2)3-4-9-5(7)8-6/h2-9H,10-11H2,1H3,(H,18,19);3-4H2,1-2H3,(H2,7,8). The van der Waals surface area contributed by atoms with Gasteiger partial charge in [0.15, 0.2) is 5.17 Å². The van der Waals surface area contributed by atoms with Gasteiger partial charge < -0.3 is 11.1 Å². The third-order valence-electron chi connectivity index (χ3n) is 4.27.